The van der Waals surface area contributed by atoms with Crippen LogP contribution in [0.25, 0.3) is 0 Å². The van der Waals surface area contributed by atoms with Crippen LogP contribution < -0.4 is 15.6 Å². The van der Waals surface area contributed by atoms with Gasteiger partial charge in [0, 0.05) is 25.2 Å². The van der Waals surface area contributed by atoms with Gasteiger partial charge in [-0.15, -0.1) is 0 Å². The summed E-state index contributed by atoms with van der Waals surface area (Å²) >= 11 is 0. The molecule has 3 aromatic rings. The van der Waals surface area contributed by atoms with E-state index >= 15 is 0 Å². The Morgan fingerprint density at radius 1 is 0.931 bits per heavy atom. The Bertz CT molecular complexity index is 943. The Balaban J connectivity index is 1.79. The third kappa shape index (κ3) is 5.71. The summed E-state index contributed by atoms with van der Waals surface area (Å²) in [5, 5.41) is 7.29. The van der Waals surface area contributed by atoms with Crippen LogP contribution >= 0.6 is 0 Å². The quantitative estimate of drug-likeness (QED) is 0.424. The molecule has 7 nitrogen and oxygen atoms in total. The minimum atomic E-state index is -0.345. The molecule has 0 atom stereocenters. The lowest BCUT2D eigenvalue weighted by molar-refractivity contribution is 0.626. The monoisotopic (exact) mass is 393 g/mol. The zero-order valence-corrected chi connectivity index (χ0v) is 16.5. The van der Waals surface area contributed by atoms with E-state index in [2.05, 4.69) is 30.8 Å². The van der Waals surface area contributed by atoms with Crippen molar-refractivity contribution in [1.82, 2.24) is 15.0 Å². The van der Waals surface area contributed by atoms with Crippen molar-refractivity contribution in [3.8, 4) is 0 Å². The Morgan fingerprint density at radius 2 is 1.62 bits per heavy atom. The topological polar surface area (TPSA) is 78.3 Å². The molecular formula is C21H24FN7. The second-order valence-corrected chi connectivity index (χ2v) is 6.19. The van der Waals surface area contributed by atoms with E-state index < -0.39 is 0 Å². The summed E-state index contributed by atoms with van der Waals surface area (Å²) in [6.07, 6.45) is 1.40. The molecule has 8 heteroatoms. The molecule has 0 amide bonds. The molecule has 150 valence electrons. The van der Waals surface area contributed by atoms with E-state index in [4.69, 9.17) is 0 Å². The van der Waals surface area contributed by atoms with Crippen LogP contribution in [-0.4, -0.2) is 34.3 Å². The summed E-state index contributed by atoms with van der Waals surface area (Å²) in [6, 6.07) is 16.4. The summed E-state index contributed by atoms with van der Waals surface area (Å²) in [6.45, 7) is 6.18. The van der Waals surface area contributed by atoms with Crippen molar-refractivity contribution < 1.29 is 4.39 Å². The van der Waals surface area contributed by atoms with Crippen molar-refractivity contribution in [1.29, 1.82) is 0 Å². The molecule has 2 aromatic carbocycles. The normalized spacial score (nSPS) is 10.9. The molecule has 1 aromatic heterocycles. The third-order valence-corrected chi connectivity index (χ3v) is 4.24. The maximum absolute atomic E-state index is 13.7. The van der Waals surface area contributed by atoms with Gasteiger partial charge in [-0.25, -0.2) is 9.82 Å². The zero-order valence-electron chi connectivity index (χ0n) is 16.5. The van der Waals surface area contributed by atoms with Gasteiger partial charge in [0.05, 0.1) is 6.21 Å². The van der Waals surface area contributed by atoms with Crippen LogP contribution in [-0.2, 0) is 6.54 Å². The van der Waals surface area contributed by atoms with Crippen LogP contribution in [0.3, 0.4) is 0 Å². The van der Waals surface area contributed by atoms with Crippen molar-refractivity contribution in [3.63, 3.8) is 0 Å². The van der Waals surface area contributed by atoms with E-state index in [1.54, 1.807) is 18.2 Å². The lowest BCUT2D eigenvalue weighted by Crippen LogP contribution is -2.25. The Hall–Kier alpha value is -3.55. The van der Waals surface area contributed by atoms with Crippen LogP contribution in [0.15, 0.2) is 59.7 Å². The first-order chi connectivity index (χ1) is 14.2. The average Bonchev–Trinajstić information content (AvgIpc) is 2.75. The van der Waals surface area contributed by atoms with Gasteiger partial charge in [0.25, 0.3) is 0 Å². The van der Waals surface area contributed by atoms with Gasteiger partial charge in [-0.3, -0.25) is 0 Å². The van der Waals surface area contributed by atoms with Crippen LogP contribution in [0.1, 0.15) is 25.0 Å². The van der Waals surface area contributed by atoms with E-state index in [0.29, 0.717) is 24.0 Å². The molecule has 0 fully saturated rings. The van der Waals surface area contributed by atoms with Gasteiger partial charge < -0.3 is 10.2 Å². The van der Waals surface area contributed by atoms with Crippen LogP contribution in [0.2, 0.25) is 0 Å². The fraction of sp³-hybridized carbons (Fsp3) is 0.238. The predicted molar refractivity (Wildman–Crippen MR) is 115 cm³/mol. The summed E-state index contributed by atoms with van der Waals surface area (Å²) in [5.74, 6) is 0.922. The van der Waals surface area contributed by atoms with Gasteiger partial charge in [0.15, 0.2) is 0 Å². The second-order valence-electron chi connectivity index (χ2n) is 6.19. The predicted octanol–water partition coefficient (Wildman–Crippen LogP) is 3.92. The largest absolute Gasteiger partial charge is 0.350 e. The fourth-order valence-corrected chi connectivity index (χ4v) is 2.66. The maximum Gasteiger partial charge on any atom is 0.250 e. The van der Waals surface area contributed by atoms with Crippen LogP contribution in [0, 0.1) is 5.82 Å². The molecule has 0 bridgehead atoms. The molecule has 0 spiro atoms. The number of benzene rings is 2. The number of aromatic nitrogens is 3. The van der Waals surface area contributed by atoms with E-state index in [0.717, 1.165) is 18.7 Å². The van der Waals surface area contributed by atoms with E-state index in [-0.39, 0.29) is 11.8 Å². The highest BCUT2D eigenvalue weighted by Gasteiger charge is 2.11. The van der Waals surface area contributed by atoms with Crippen molar-refractivity contribution in [3.05, 3.63) is 71.5 Å². The molecule has 0 aliphatic heterocycles. The third-order valence-electron chi connectivity index (χ3n) is 4.24. The van der Waals surface area contributed by atoms with Crippen molar-refractivity contribution >= 4 is 24.1 Å². The number of nitrogens with one attached hydrogen (secondary N) is 2. The number of rotatable bonds is 9. The highest BCUT2D eigenvalue weighted by atomic mass is 19.1. The first-order valence-corrected chi connectivity index (χ1v) is 9.52. The molecule has 0 aliphatic rings. The molecule has 0 saturated heterocycles. The van der Waals surface area contributed by atoms with Crippen molar-refractivity contribution in [2.75, 3.05) is 28.7 Å². The van der Waals surface area contributed by atoms with E-state index in [1.165, 1.54) is 12.3 Å². The van der Waals surface area contributed by atoms with Gasteiger partial charge in [-0.2, -0.15) is 20.1 Å². The molecular weight excluding hydrogens is 369 g/mol. The van der Waals surface area contributed by atoms with Crippen molar-refractivity contribution in [2.24, 2.45) is 5.10 Å². The summed E-state index contributed by atoms with van der Waals surface area (Å²) in [5.41, 5.74) is 4.27. The number of hydrogen-bond acceptors (Lipinski definition) is 7. The Labute approximate surface area is 169 Å². The molecule has 0 saturated carbocycles. The fourth-order valence-electron chi connectivity index (χ4n) is 2.66. The highest BCUT2D eigenvalue weighted by molar-refractivity contribution is 5.80. The lowest BCUT2D eigenvalue weighted by Gasteiger charge is -2.19. The molecule has 0 unspecified atom stereocenters. The first kappa shape index (κ1) is 20.2. The number of hydrazone groups is 1. The van der Waals surface area contributed by atoms with Crippen LogP contribution in [0.5, 0.6) is 0 Å². The number of anilines is 3. The average molecular weight is 393 g/mol. The van der Waals surface area contributed by atoms with Gasteiger partial charge in [0.1, 0.15) is 5.82 Å². The molecule has 2 N–H and O–H groups in total. The lowest BCUT2D eigenvalue weighted by atomic mass is 10.2. The van der Waals surface area contributed by atoms with Gasteiger partial charge in [0.2, 0.25) is 17.8 Å². The zero-order chi connectivity index (χ0) is 20.5. The molecule has 3 rings (SSSR count). The standard InChI is InChI=1S/C21H24FN7/c1-3-29(4-2)21-26-19(23-14-16-10-6-5-7-11-16)25-20(27-21)28-24-15-17-12-8-9-13-18(17)22/h5-13,15H,3-4,14H2,1-2H3,(H2,23,25,26,27,28)/b24-15+. The van der Waals surface area contributed by atoms with Gasteiger partial charge >= 0.3 is 0 Å². The smallest absolute Gasteiger partial charge is 0.250 e. The van der Waals surface area contributed by atoms with E-state index in [9.17, 15) is 4.39 Å². The Morgan fingerprint density at radius 3 is 2.34 bits per heavy atom. The highest BCUT2D eigenvalue weighted by Crippen LogP contribution is 2.14. The van der Waals surface area contributed by atoms with Gasteiger partial charge in [-0.1, -0.05) is 48.5 Å². The minimum absolute atomic E-state index is 0.282. The SMILES string of the molecule is CCN(CC)c1nc(NCc2ccccc2)nc(N/N=C/c2ccccc2F)n1. The summed E-state index contributed by atoms with van der Waals surface area (Å²) < 4.78 is 13.7. The minimum Gasteiger partial charge on any atom is -0.350 e. The van der Waals surface area contributed by atoms with Crippen molar-refractivity contribution in [2.45, 2.75) is 20.4 Å². The molecule has 29 heavy (non-hydrogen) atoms. The number of nitrogens with zero attached hydrogens (tertiary/aromatic N) is 5. The first-order valence-electron chi connectivity index (χ1n) is 9.52. The second kappa shape index (κ2) is 10.1. The Kier molecular flexibility index (Phi) is 7.05. The summed E-state index contributed by atoms with van der Waals surface area (Å²) in [7, 11) is 0. The maximum atomic E-state index is 13.7. The molecule has 0 radical (unpaired) electrons. The van der Waals surface area contributed by atoms with Gasteiger partial charge in [-0.05, 0) is 25.5 Å². The van der Waals surface area contributed by atoms with Crippen LogP contribution in [0.4, 0.5) is 22.2 Å². The number of hydrogen-bond donors (Lipinski definition) is 2. The summed E-state index contributed by atoms with van der Waals surface area (Å²) in [4.78, 5) is 15.3. The van der Waals surface area contributed by atoms with E-state index in [1.807, 2.05) is 49.1 Å². The molecule has 1 heterocycles. The number of halogens is 1. The molecule has 0 aliphatic carbocycles.